The van der Waals surface area contributed by atoms with Crippen LogP contribution in [-0.4, -0.2) is 82.6 Å². The van der Waals surface area contributed by atoms with E-state index < -0.39 is 5.60 Å². The van der Waals surface area contributed by atoms with Crippen LogP contribution in [0.4, 0.5) is 4.79 Å². The molecule has 2 aliphatic rings. The normalized spacial score (nSPS) is 15.8. The molecule has 14 nitrogen and oxygen atoms in total. The Bertz CT molecular complexity index is 2160. The van der Waals surface area contributed by atoms with Gasteiger partial charge < -0.3 is 24.0 Å². The summed E-state index contributed by atoms with van der Waals surface area (Å²) >= 11 is 0. The van der Waals surface area contributed by atoms with Crippen LogP contribution >= 0.6 is 12.4 Å². The van der Waals surface area contributed by atoms with Crippen LogP contribution in [-0.2, 0) is 4.74 Å². The zero-order valence-electron chi connectivity index (χ0n) is 32.2. The molecule has 0 saturated carbocycles. The second-order valence-corrected chi connectivity index (χ2v) is 15.6. The van der Waals surface area contributed by atoms with Crippen molar-refractivity contribution in [1.29, 1.82) is 0 Å². The second kappa shape index (κ2) is 16.3. The third-order valence-corrected chi connectivity index (χ3v) is 9.75. The fourth-order valence-corrected chi connectivity index (χ4v) is 7.00. The Labute approximate surface area is 321 Å². The number of aromatic nitrogens is 8. The molecule has 8 rings (SSSR count). The number of hydrogen-bond donors (Lipinski definition) is 1. The molecule has 54 heavy (non-hydrogen) atoms. The fourth-order valence-electron chi connectivity index (χ4n) is 7.00. The molecule has 1 N–H and O–H groups in total. The van der Waals surface area contributed by atoms with Crippen molar-refractivity contribution in [3.63, 3.8) is 0 Å². The van der Waals surface area contributed by atoms with Gasteiger partial charge in [0.2, 0.25) is 11.8 Å². The topological polar surface area (TPSA) is 155 Å². The van der Waals surface area contributed by atoms with Gasteiger partial charge in [-0.2, -0.15) is 29.5 Å². The van der Waals surface area contributed by atoms with E-state index in [9.17, 15) is 4.79 Å². The van der Waals surface area contributed by atoms with Crippen LogP contribution in [0.25, 0.3) is 33.7 Å². The number of carbonyl (C=O) groups is 1. The minimum Gasteiger partial charge on any atom is -0.444 e. The molecular formula is C39H51ClN10O4. The smallest absolute Gasteiger partial charge is 0.410 e. The van der Waals surface area contributed by atoms with Gasteiger partial charge in [-0.15, -0.1) is 12.4 Å². The number of benzene rings is 2. The molecule has 288 valence electrons. The van der Waals surface area contributed by atoms with Gasteiger partial charge in [0.15, 0.2) is 0 Å². The highest BCUT2D eigenvalue weighted by Crippen LogP contribution is 2.31. The molecule has 2 aromatic carbocycles. The average molecular weight is 759 g/mol. The predicted octanol–water partition coefficient (Wildman–Crippen LogP) is 8.07. The van der Waals surface area contributed by atoms with Crippen LogP contribution in [0.5, 0.6) is 0 Å². The Hall–Kier alpha value is -4.82. The molecule has 1 amide bonds. The van der Waals surface area contributed by atoms with E-state index in [1.165, 1.54) is 0 Å². The van der Waals surface area contributed by atoms with Gasteiger partial charge in [-0.05, 0) is 93.8 Å². The first kappa shape index (κ1) is 38.9. The zero-order chi connectivity index (χ0) is 37.3. The molecule has 0 unspecified atom stereocenters. The van der Waals surface area contributed by atoms with E-state index in [2.05, 4.69) is 71.5 Å². The van der Waals surface area contributed by atoms with E-state index in [-0.39, 0.29) is 24.4 Å². The largest absolute Gasteiger partial charge is 0.444 e. The van der Waals surface area contributed by atoms with Gasteiger partial charge in [-0.1, -0.05) is 64.1 Å². The Morgan fingerprint density at radius 2 is 1.19 bits per heavy atom. The number of likely N-dealkylation sites (tertiary alicyclic amines) is 1. The van der Waals surface area contributed by atoms with E-state index >= 15 is 0 Å². The van der Waals surface area contributed by atoms with Crippen molar-refractivity contribution in [3.05, 3.63) is 71.7 Å². The number of nitrogens with one attached hydrogen (secondary N) is 1. The molecular weight excluding hydrogens is 708 g/mol. The van der Waals surface area contributed by atoms with Crippen molar-refractivity contribution < 1.29 is 18.6 Å². The summed E-state index contributed by atoms with van der Waals surface area (Å²) in [5.74, 6) is 3.41. The maximum atomic E-state index is 12.3. The van der Waals surface area contributed by atoms with Crippen molar-refractivity contribution in [2.75, 3.05) is 26.2 Å². The van der Waals surface area contributed by atoms with Gasteiger partial charge in [0.1, 0.15) is 5.60 Å². The number of para-hydroxylation sites is 2. The van der Waals surface area contributed by atoms with E-state index in [0.717, 1.165) is 77.9 Å². The van der Waals surface area contributed by atoms with Crippen LogP contribution in [0.2, 0.25) is 0 Å². The summed E-state index contributed by atoms with van der Waals surface area (Å²) < 4.78 is 20.2. The number of carbonyl (C=O) groups excluding carboxylic acids is 1. The molecule has 0 radical (unpaired) electrons. The number of fused-ring (bicyclic) bond motifs is 2. The standard InChI is InChI=1S/C22H29N5O3.C17H21N5O.ClH/c1-14(2)18-16-8-6-7-9-17(16)27(24-18)20-23-19(30-25-20)15-10-12-26(13-11-15)21(28)29-22(3,4)5;1-11(2)15-13-5-3-4-6-14(13)22(20-15)17-19-16(23-21-17)12-7-9-18-10-8-12;/h6-9,14-15H,10-13H2,1-5H3;3-6,11-12,18H,7-10H2,1-2H3;1H. The van der Waals surface area contributed by atoms with E-state index in [0.29, 0.717) is 48.6 Å². The molecule has 4 aromatic heterocycles. The molecule has 0 spiro atoms. The highest BCUT2D eigenvalue weighted by atomic mass is 35.5. The SMILES string of the molecule is CC(C)c1nn(-c2noc(C3CCN(C(=O)OC(C)(C)C)CC3)n2)c2ccccc12.CC(C)c1nn(-c2noc(C3CCNCC3)n2)c2ccccc12.Cl. The van der Waals surface area contributed by atoms with Gasteiger partial charge in [0, 0.05) is 35.7 Å². The number of amides is 1. The van der Waals surface area contributed by atoms with Gasteiger partial charge >= 0.3 is 6.09 Å². The lowest BCUT2D eigenvalue weighted by Crippen LogP contribution is -2.41. The number of hydrogen-bond acceptors (Lipinski definition) is 11. The minimum absolute atomic E-state index is 0. The summed E-state index contributed by atoms with van der Waals surface area (Å²) in [5, 5.41) is 23.5. The first-order chi connectivity index (χ1) is 25.5. The molecule has 6 aromatic rings. The van der Waals surface area contributed by atoms with Crippen molar-refractivity contribution in [2.45, 2.75) is 103 Å². The van der Waals surface area contributed by atoms with Crippen molar-refractivity contribution >= 4 is 40.3 Å². The van der Waals surface area contributed by atoms with Gasteiger partial charge in [0.25, 0.3) is 11.9 Å². The van der Waals surface area contributed by atoms with E-state index in [4.69, 9.17) is 24.0 Å². The highest BCUT2D eigenvalue weighted by Gasteiger charge is 2.31. The summed E-state index contributed by atoms with van der Waals surface area (Å²) in [6.07, 6.45) is 3.34. The Morgan fingerprint density at radius 1 is 0.741 bits per heavy atom. The zero-order valence-corrected chi connectivity index (χ0v) is 33.0. The van der Waals surface area contributed by atoms with Gasteiger partial charge in [-0.25, -0.2) is 4.79 Å². The lowest BCUT2D eigenvalue weighted by atomic mass is 9.97. The van der Waals surface area contributed by atoms with Crippen molar-refractivity contribution in [2.24, 2.45) is 0 Å². The second-order valence-electron chi connectivity index (χ2n) is 15.6. The van der Waals surface area contributed by atoms with Gasteiger partial charge in [-0.3, -0.25) is 0 Å². The minimum atomic E-state index is -0.489. The number of rotatable bonds is 6. The third kappa shape index (κ3) is 8.29. The van der Waals surface area contributed by atoms with E-state index in [1.807, 2.05) is 51.1 Å². The van der Waals surface area contributed by atoms with Gasteiger partial charge in [0.05, 0.1) is 22.4 Å². The molecule has 0 aliphatic carbocycles. The maximum Gasteiger partial charge on any atom is 0.410 e. The van der Waals surface area contributed by atoms with Crippen molar-refractivity contribution in [3.8, 4) is 11.9 Å². The number of nitrogens with zero attached hydrogens (tertiary/aromatic N) is 9. The summed E-state index contributed by atoms with van der Waals surface area (Å²) in [6.45, 7) is 17.4. The van der Waals surface area contributed by atoms with Crippen molar-refractivity contribution in [1.82, 2.24) is 50.1 Å². The molecule has 2 aliphatic heterocycles. The van der Waals surface area contributed by atoms with Crippen LogP contribution in [0.15, 0.2) is 57.6 Å². The van der Waals surface area contributed by atoms with Crippen LogP contribution < -0.4 is 5.32 Å². The first-order valence-corrected chi connectivity index (χ1v) is 18.8. The molecule has 15 heteroatoms. The molecule has 2 fully saturated rings. The molecule has 0 bridgehead atoms. The summed E-state index contributed by atoms with van der Waals surface area (Å²) in [5.41, 5.74) is 3.58. The maximum absolute atomic E-state index is 12.3. The molecule has 6 heterocycles. The average Bonchev–Trinajstić information content (AvgIpc) is 3.96. The quantitative estimate of drug-likeness (QED) is 0.175. The third-order valence-electron chi connectivity index (χ3n) is 9.75. The summed E-state index contributed by atoms with van der Waals surface area (Å²) in [7, 11) is 0. The van der Waals surface area contributed by atoms with E-state index in [1.54, 1.807) is 14.3 Å². The Morgan fingerprint density at radius 3 is 1.63 bits per heavy atom. The monoisotopic (exact) mass is 758 g/mol. The van der Waals surface area contributed by atoms with Crippen LogP contribution in [0.3, 0.4) is 0 Å². The molecule has 2 saturated heterocycles. The predicted molar refractivity (Wildman–Crippen MR) is 208 cm³/mol. The molecule has 0 atom stereocenters. The Kier molecular flexibility index (Phi) is 11.7. The number of halogens is 1. The van der Waals surface area contributed by atoms with Crippen LogP contribution in [0.1, 0.15) is 121 Å². The number of ether oxygens (including phenoxy) is 1. The van der Waals surface area contributed by atoms with Crippen LogP contribution in [0, 0.1) is 0 Å². The fraction of sp³-hybridized carbons (Fsp3) is 0.513. The Balaban J connectivity index is 0.000000187. The lowest BCUT2D eigenvalue weighted by Gasteiger charge is -2.32. The number of piperidine rings is 2. The highest BCUT2D eigenvalue weighted by molar-refractivity contribution is 5.85. The lowest BCUT2D eigenvalue weighted by molar-refractivity contribution is 0.0198. The summed E-state index contributed by atoms with van der Waals surface area (Å²) in [4.78, 5) is 23.3. The first-order valence-electron chi connectivity index (χ1n) is 18.8. The summed E-state index contributed by atoms with van der Waals surface area (Å²) in [6, 6.07) is 16.3.